The van der Waals surface area contributed by atoms with Crippen molar-refractivity contribution in [2.45, 2.75) is 76.9 Å². The summed E-state index contributed by atoms with van der Waals surface area (Å²) in [5.41, 5.74) is 5.02. The van der Waals surface area contributed by atoms with Crippen LogP contribution >= 0.6 is 0 Å². The fraction of sp³-hybridized carbons (Fsp3) is 0.406. The largest absolute Gasteiger partial charge is 0.481 e. The number of hydrogen-bond donors (Lipinski definition) is 2. The lowest BCUT2D eigenvalue weighted by Gasteiger charge is -2.28. The Morgan fingerprint density at radius 1 is 0.951 bits per heavy atom. The number of carboxylic acid groups (broad SMARTS) is 1. The normalized spacial score (nSPS) is 17.4. The highest BCUT2D eigenvalue weighted by molar-refractivity contribution is 5.82. The molecular weight excluding hydrogens is 522 g/mol. The molecule has 1 aliphatic heterocycles. The number of nitrogens with one attached hydrogen (secondary N) is 1. The van der Waals surface area contributed by atoms with E-state index in [1.807, 2.05) is 66.7 Å². The van der Waals surface area contributed by atoms with Crippen LogP contribution < -0.4 is 5.43 Å². The summed E-state index contributed by atoms with van der Waals surface area (Å²) < 4.78 is 5.83. The monoisotopic (exact) mass is 561 g/mol. The molecule has 0 saturated carbocycles. The maximum absolute atomic E-state index is 13.3. The van der Waals surface area contributed by atoms with Gasteiger partial charge in [0.25, 0.3) is 0 Å². The quantitative estimate of drug-likeness (QED) is 0.119. The second-order valence-electron chi connectivity index (χ2n) is 10.1. The number of benzene rings is 2. The van der Waals surface area contributed by atoms with E-state index < -0.39 is 12.1 Å². The molecule has 41 heavy (non-hydrogen) atoms. The second-order valence-corrected chi connectivity index (χ2v) is 10.1. The summed E-state index contributed by atoms with van der Waals surface area (Å²) in [4.78, 5) is 50.1. The first-order valence-corrected chi connectivity index (χ1v) is 14.2. The fourth-order valence-electron chi connectivity index (χ4n) is 4.49. The number of carbonyl (C=O) groups excluding carboxylic acids is 3. The third-order valence-electron chi connectivity index (χ3n) is 6.66. The van der Waals surface area contributed by atoms with E-state index in [-0.39, 0.29) is 30.7 Å². The highest BCUT2D eigenvalue weighted by Crippen LogP contribution is 2.23. The molecule has 0 aromatic heterocycles. The Labute approximate surface area is 241 Å². The Balaban J connectivity index is 1.62. The number of hydrazone groups is 1. The second kappa shape index (κ2) is 17.4. The topological polar surface area (TPSA) is 125 Å². The van der Waals surface area contributed by atoms with E-state index >= 15 is 0 Å². The van der Waals surface area contributed by atoms with Gasteiger partial charge in [0.15, 0.2) is 0 Å². The van der Waals surface area contributed by atoms with Gasteiger partial charge in [-0.15, -0.1) is 0 Å². The minimum atomic E-state index is -0.800. The first kappa shape index (κ1) is 31.3. The summed E-state index contributed by atoms with van der Waals surface area (Å²) in [5, 5.41) is 12.7. The molecule has 9 heteroatoms. The van der Waals surface area contributed by atoms with Crippen molar-refractivity contribution in [2.24, 2.45) is 5.10 Å². The zero-order valence-electron chi connectivity index (χ0n) is 23.4. The van der Waals surface area contributed by atoms with E-state index in [0.29, 0.717) is 51.5 Å². The third kappa shape index (κ3) is 12.2. The van der Waals surface area contributed by atoms with Gasteiger partial charge < -0.3 is 14.7 Å². The number of allylic oxidation sites excluding steroid dienone is 2. The van der Waals surface area contributed by atoms with Gasteiger partial charge in [0.2, 0.25) is 11.8 Å². The molecule has 0 unspecified atom stereocenters. The van der Waals surface area contributed by atoms with Crippen LogP contribution in [-0.2, 0) is 30.5 Å². The number of unbranched alkanes of at least 4 members (excludes halogenated alkanes) is 3. The van der Waals surface area contributed by atoms with Gasteiger partial charge in [-0.3, -0.25) is 19.2 Å². The van der Waals surface area contributed by atoms with Gasteiger partial charge in [-0.25, -0.2) is 5.43 Å². The Bertz CT molecular complexity index is 1210. The summed E-state index contributed by atoms with van der Waals surface area (Å²) >= 11 is 0. The molecule has 1 heterocycles. The van der Waals surface area contributed by atoms with Gasteiger partial charge in [-0.1, -0.05) is 73.5 Å². The summed E-state index contributed by atoms with van der Waals surface area (Å²) in [7, 11) is 0. The molecule has 1 atom stereocenters. The van der Waals surface area contributed by atoms with Crippen LogP contribution in [0.5, 0.6) is 0 Å². The minimum absolute atomic E-state index is 0.0264. The zero-order valence-corrected chi connectivity index (χ0v) is 23.4. The summed E-state index contributed by atoms with van der Waals surface area (Å²) in [6, 6.07) is 17.0. The van der Waals surface area contributed by atoms with E-state index in [4.69, 9.17) is 9.84 Å². The van der Waals surface area contributed by atoms with Gasteiger partial charge in [-0.05, 0) is 48.4 Å². The number of esters is 1. The summed E-state index contributed by atoms with van der Waals surface area (Å²) in [6.45, 7) is 0.572. The predicted octanol–water partition coefficient (Wildman–Crippen LogP) is 5.31. The molecule has 0 spiro atoms. The lowest BCUT2D eigenvalue weighted by atomic mass is 10.1. The molecule has 0 fully saturated rings. The van der Waals surface area contributed by atoms with Crippen LogP contribution in [0.25, 0.3) is 0 Å². The van der Waals surface area contributed by atoms with Crippen molar-refractivity contribution in [3.05, 3.63) is 83.4 Å². The number of hydrogen-bond acceptors (Lipinski definition) is 6. The maximum Gasteiger partial charge on any atom is 0.306 e. The molecule has 2 aromatic carbocycles. The van der Waals surface area contributed by atoms with Crippen LogP contribution in [0.1, 0.15) is 87.0 Å². The Hall–Kier alpha value is -4.27. The van der Waals surface area contributed by atoms with Crippen LogP contribution in [0.2, 0.25) is 0 Å². The van der Waals surface area contributed by atoms with Crippen molar-refractivity contribution in [3.8, 4) is 0 Å². The molecule has 1 aliphatic rings. The zero-order chi connectivity index (χ0) is 29.3. The molecular formula is C32H39N3O6. The van der Waals surface area contributed by atoms with Gasteiger partial charge in [-0.2, -0.15) is 5.10 Å². The first-order chi connectivity index (χ1) is 19.9. The molecule has 0 radical (unpaired) electrons. The average Bonchev–Trinajstić information content (AvgIpc) is 2.95. The average molecular weight is 562 g/mol. The van der Waals surface area contributed by atoms with Crippen molar-refractivity contribution in [3.63, 3.8) is 0 Å². The molecule has 0 aliphatic carbocycles. The molecule has 2 aromatic rings. The standard InChI is InChI=1S/C32H39N3O6/c36-29(17-8-1-3-10-19-31(38)39)34-33-22-25-13-12-14-26(21-25)23-35-24-28(27-15-6-5-7-16-27)41-32(40)20-11-4-2-9-18-30(35)37/h2,4-7,12-16,21-22,28H,1,3,8-11,17-20,23-24H2,(H,34,36)(H,38,39)/b4-2+,33-22+/t28-/m0/s1. The fourth-order valence-corrected chi connectivity index (χ4v) is 4.49. The number of amides is 2. The van der Waals surface area contributed by atoms with Crippen LogP contribution in [0.4, 0.5) is 0 Å². The minimum Gasteiger partial charge on any atom is -0.481 e. The number of ether oxygens (including phenoxy) is 1. The molecule has 3 rings (SSSR count). The van der Waals surface area contributed by atoms with E-state index in [0.717, 1.165) is 29.5 Å². The van der Waals surface area contributed by atoms with Crippen LogP contribution in [-0.4, -0.2) is 46.5 Å². The number of aliphatic carboxylic acids is 1. The molecule has 2 N–H and O–H groups in total. The maximum atomic E-state index is 13.3. The van der Waals surface area contributed by atoms with Crippen LogP contribution in [0.3, 0.4) is 0 Å². The van der Waals surface area contributed by atoms with Gasteiger partial charge in [0.1, 0.15) is 6.10 Å². The molecule has 2 amide bonds. The number of nitrogens with zero attached hydrogens (tertiary/aromatic N) is 2. The first-order valence-electron chi connectivity index (χ1n) is 14.2. The van der Waals surface area contributed by atoms with Gasteiger partial charge in [0, 0.05) is 32.2 Å². The summed E-state index contributed by atoms with van der Waals surface area (Å²) in [5.74, 6) is -1.32. The highest BCUT2D eigenvalue weighted by atomic mass is 16.5. The molecule has 9 nitrogen and oxygen atoms in total. The van der Waals surface area contributed by atoms with Crippen molar-refractivity contribution in [1.82, 2.24) is 10.3 Å². The molecule has 0 saturated heterocycles. The number of rotatable bonds is 12. The molecule has 0 bridgehead atoms. The smallest absolute Gasteiger partial charge is 0.306 e. The SMILES string of the molecule is O=C(O)CCCCCCC(=O)N/N=C/c1cccc(CN2C[C@@H](c3ccccc3)OC(=O)CC/C=C/CCC2=O)c1. The van der Waals surface area contributed by atoms with E-state index in [9.17, 15) is 19.2 Å². The van der Waals surface area contributed by atoms with E-state index in [1.54, 1.807) is 11.1 Å². The van der Waals surface area contributed by atoms with Crippen molar-refractivity contribution < 1.29 is 29.0 Å². The van der Waals surface area contributed by atoms with Crippen molar-refractivity contribution in [1.29, 1.82) is 0 Å². The summed E-state index contributed by atoms with van der Waals surface area (Å²) in [6.07, 6.45) is 10.0. The van der Waals surface area contributed by atoms with Gasteiger partial charge in [0.05, 0.1) is 12.8 Å². The number of carbonyl (C=O) groups is 4. The molecule has 218 valence electrons. The Kier molecular flexibility index (Phi) is 13.3. The van der Waals surface area contributed by atoms with E-state index in [2.05, 4.69) is 10.5 Å². The lowest BCUT2D eigenvalue weighted by Crippen LogP contribution is -2.35. The third-order valence-corrected chi connectivity index (χ3v) is 6.66. The van der Waals surface area contributed by atoms with E-state index in [1.165, 1.54) is 0 Å². The Morgan fingerprint density at radius 3 is 2.44 bits per heavy atom. The van der Waals surface area contributed by atoms with Crippen molar-refractivity contribution >= 4 is 30.0 Å². The number of cyclic esters (lactones) is 1. The van der Waals surface area contributed by atoms with Gasteiger partial charge >= 0.3 is 11.9 Å². The Morgan fingerprint density at radius 2 is 1.68 bits per heavy atom. The predicted molar refractivity (Wildman–Crippen MR) is 156 cm³/mol. The number of carboxylic acids is 1. The van der Waals surface area contributed by atoms with Crippen LogP contribution in [0.15, 0.2) is 71.9 Å². The lowest BCUT2D eigenvalue weighted by molar-refractivity contribution is -0.152. The highest BCUT2D eigenvalue weighted by Gasteiger charge is 2.24. The van der Waals surface area contributed by atoms with Crippen LogP contribution in [0, 0.1) is 0 Å². The van der Waals surface area contributed by atoms with Crippen molar-refractivity contribution in [2.75, 3.05) is 6.54 Å².